The fraction of sp³-hybridized carbons (Fsp3) is 0.933. The van der Waals surface area contributed by atoms with Gasteiger partial charge in [-0.3, -0.25) is 14.6 Å². The number of nitrogens with zero attached hydrogens (tertiary/aromatic N) is 2. The van der Waals surface area contributed by atoms with Gasteiger partial charge in [-0.05, 0) is 0 Å². The highest BCUT2D eigenvalue weighted by Gasteiger charge is 2.10. The van der Waals surface area contributed by atoms with Gasteiger partial charge < -0.3 is 20.1 Å². The molecule has 0 unspecified atom stereocenters. The minimum absolute atomic E-state index is 0.132. The summed E-state index contributed by atoms with van der Waals surface area (Å²) < 4.78 is 10.6. The summed E-state index contributed by atoms with van der Waals surface area (Å²) in [5.41, 5.74) is 0. The first-order chi connectivity index (χ1) is 10.8. The molecule has 128 valence electrons. The van der Waals surface area contributed by atoms with Crippen molar-refractivity contribution in [2.75, 3.05) is 85.3 Å². The summed E-state index contributed by atoms with van der Waals surface area (Å²) in [4.78, 5) is 16.4. The van der Waals surface area contributed by atoms with Crippen molar-refractivity contribution in [3.63, 3.8) is 0 Å². The van der Waals surface area contributed by atoms with Crippen molar-refractivity contribution >= 4 is 5.91 Å². The van der Waals surface area contributed by atoms with Crippen molar-refractivity contribution in [1.29, 1.82) is 0 Å². The normalized spacial score (nSPS) is 20.9. The van der Waals surface area contributed by atoms with Gasteiger partial charge in [-0.1, -0.05) is 0 Å². The van der Waals surface area contributed by atoms with E-state index in [2.05, 4.69) is 20.4 Å². The minimum Gasteiger partial charge on any atom is -0.379 e. The van der Waals surface area contributed by atoms with Crippen molar-refractivity contribution in [2.45, 2.75) is 6.42 Å². The van der Waals surface area contributed by atoms with Gasteiger partial charge in [0.15, 0.2) is 0 Å². The molecule has 0 atom stereocenters. The molecule has 1 amide bonds. The summed E-state index contributed by atoms with van der Waals surface area (Å²) in [6.45, 7) is 11.6. The largest absolute Gasteiger partial charge is 0.379 e. The Bertz CT molecular complexity index is 305. The van der Waals surface area contributed by atoms with Crippen LogP contribution in [0, 0.1) is 0 Å². The van der Waals surface area contributed by atoms with Gasteiger partial charge in [-0.2, -0.15) is 0 Å². The van der Waals surface area contributed by atoms with E-state index in [0.29, 0.717) is 6.42 Å². The van der Waals surface area contributed by atoms with Gasteiger partial charge in [-0.25, -0.2) is 0 Å². The predicted molar refractivity (Wildman–Crippen MR) is 85.0 cm³/mol. The molecule has 22 heavy (non-hydrogen) atoms. The van der Waals surface area contributed by atoms with Gasteiger partial charge in [0, 0.05) is 65.3 Å². The van der Waals surface area contributed by atoms with Crippen molar-refractivity contribution in [3.05, 3.63) is 0 Å². The monoisotopic (exact) mass is 314 g/mol. The second kappa shape index (κ2) is 10.9. The highest BCUT2D eigenvalue weighted by molar-refractivity contribution is 5.76. The van der Waals surface area contributed by atoms with Crippen LogP contribution in [0.5, 0.6) is 0 Å². The Balaban J connectivity index is 1.39. The minimum atomic E-state index is 0.132. The van der Waals surface area contributed by atoms with Crippen LogP contribution in [0.4, 0.5) is 0 Å². The lowest BCUT2D eigenvalue weighted by Gasteiger charge is -2.26. The van der Waals surface area contributed by atoms with Crippen LogP contribution in [0.25, 0.3) is 0 Å². The Morgan fingerprint density at radius 1 is 0.818 bits per heavy atom. The molecule has 2 heterocycles. The van der Waals surface area contributed by atoms with Crippen LogP contribution in [-0.2, 0) is 14.3 Å². The molecule has 2 rings (SSSR count). The average molecular weight is 314 g/mol. The third-order valence-corrected chi connectivity index (χ3v) is 4.09. The molecular weight excluding hydrogens is 284 g/mol. The molecule has 0 spiro atoms. The predicted octanol–water partition coefficient (Wildman–Crippen LogP) is -1.25. The molecule has 0 aromatic heterocycles. The average Bonchev–Trinajstić information content (AvgIpc) is 2.56. The highest BCUT2D eigenvalue weighted by atomic mass is 16.5. The Morgan fingerprint density at radius 2 is 1.36 bits per heavy atom. The van der Waals surface area contributed by atoms with Crippen LogP contribution in [0.1, 0.15) is 6.42 Å². The second-order valence-corrected chi connectivity index (χ2v) is 5.76. The van der Waals surface area contributed by atoms with E-state index in [4.69, 9.17) is 9.47 Å². The Morgan fingerprint density at radius 3 is 1.95 bits per heavy atom. The Labute approximate surface area is 133 Å². The lowest BCUT2D eigenvalue weighted by Crippen LogP contribution is -2.42. The number of morpholine rings is 2. The van der Waals surface area contributed by atoms with Crippen molar-refractivity contribution in [1.82, 2.24) is 20.4 Å². The number of ether oxygens (including phenoxy) is 2. The molecule has 0 radical (unpaired) electrons. The number of nitrogens with one attached hydrogen (secondary N) is 2. The van der Waals surface area contributed by atoms with Gasteiger partial charge in [0.1, 0.15) is 0 Å². The molecule has 0 bridgehead atoms. The summed E-state index contributed by atoms with van der Waals surface area (Å²) >= 11 is 0. The number of amides is 1. The molecule has 2 aliphatic heterocycles. The molecule has 2 N–H and O–H groups in total. The molecule has 2 saturated heterocycles. The third kappa shape index (κ3) is 7.51. The van der Waals surface area contributed by atoms with Crippen LogP contribution < -0.4 is 10.6 Å². The SMILES string of the molecule is O=C(CCNCCN1CCOCC1)NCCN1CCOCC1. The third-order valence-electron chi connectivity index (χ3n) is 4.09. The summed E-state index contributed by atoms with van der Waals surface area (Å²) in [6.07, 6.45) is 0.548. The van der Waals surface area contributed by atoms with Crippen molar-refractivity contribution in [3.8, 4) is 0 Å². The molecule has 7 heteroatoms. The first-order valence-corrected chi connectivity index (χ1v) is 8.42. The Kier molecular flexibility index (Phi) is 8.74. The lowest BCUT2D eigenvalue weighted by molar-refractivity contribution is -0.121. The first-order valence-electron chi connectivity index (χ1n) is 8.42. The van der Waals surface area contributed by atoms with E-state index < -0.39 is 0 Å². The summed E-state index contributed by atoms with van der Waals surface area (Å²) in [5, 5.41) is 6.32. The van der Waals surface area contributed by atoms with Gasteiger partial charge in [0.05, 0.1) is 26.4 Å². The molecule has 0 saturated carbocycles. The molecule has 2 fully saturated rings. The van der Waals surface area contributed by atoms with Crippen LogP contribution in [-0.4, -0.2) is 101 Å². The zero-order valence-corrected chi connectivity index (χ0v) is 13.5. The number of carbonyl (C=O) groups excluding carboxylic acids is 1. The van der Waals surface area contributed by atoms with E-state index in [0.717, 1.165) is 85.3 Å². The topological polar surface area (TPSA) is 66.1 Å². The molecular formula is C15H30N4O3. The van der Waals surface area contributed by atoms with Crippen LogP contribution in [0.2, 0.25) is 0 Å². The number of carbonyl (C=O) groups is 1. The lowest BCUT2D eigenvalue weighted by atomic mass is 10.3. The van der Waals surface area contributed by atoms with Crippen LogP contribution in [0.3, 0.4) is 0 Å². The Hall–Kier alpha value is -0.730. The van der Waals surface area contributed by atoms with E-state index in [1.807, 2.05) is 0 Å². The first kappa shape index (κ1) is 17.6. The van der Waals surface area contributed by atoms with E-state index in [1.165, 1.54) is 0 Å². The number of rotatable bonds is 9. The standard InChI is InChI=1S/C15H30N4O3/c20-15(17-4-6-19-9-13-22-14-10-19)1-2-16-3-5-18-7-11-21-12-8-18/h16H,1-14H2,(H,17,20). The van der Waals surface area contributed by atoms with Gasteiger partial charge >= 0.3 is 0 Å². The maximum Gasteiger partial charge on any atom is 0.221 e. The van der Waals surface area contributed by atoms with E-state index in [9.17, 15) is 4.79 Å². The van der Waals surface area contributed by atoms with Gasteiger partial charge in [0.2, 0.25) is 5.91 Å². The molecule has 2 aliphatic rings. The molecule has 0 aromatic rings. The number of hydrogen-bond donors (Lipinski definition) is 2. The van der Waals surface area contributed by atoms with Crippen LogP contribution >= 0.6 is 0 Å². The zero-order valence-electron chi connectivity index (χ0n) is 13.5. The second-order valence-electron chi connectivity index (χ2n) is 5.76. The zero-order chi connectivity index (χ0) is 15.5. The van der Waals surface area contributed by atoms with E-state index in [1.54, 1.807) is 0 Å². The summed E-state index contributed by atoms with van der Waals surface area (Å²) in [6, 6.07) is 0. The summed E-state index contributed by atoms with van der Waals surface area (Å²) in [5.74, 6) is 0.132. The molecule has 0 aliphatic carbocycles. The fourth-order valence-corrected chi connectivity index (χ4v) is 2.66. The molecule has 0 aromatic carbocycles. The van der Waals surface area contributed by atoms with E-state index >= 15 is 0 Å². The molecule has 7 nitrogen and oxygen atoms in total. The van der Waals surface area contributed by atoms with Crippen LogP contribution in [0.15, 0.2) is 0 Å². The number of hydrogen-bond acceptors (Lipinski definition) is 6. The van der Waals surface area contributed by atoms with Gasteiger partial charge in [0.25, 0.3) is 0 Å². The quantitative estimate of drug-likeness (QED) is 0.518. The van der Waals surface area contributed by atoms with Gasteiger partial charge in [-0.15, -0.1) is 0 Å². The maximum absolute atomic E-state index is 11.7. The maximum atomic E-state index is 11.7. The smallest absolute Gasteiger partial charge is 0.221 e. The van der Waals surface area contributed by atoms with E-state index in [-0.39, 0.29) is 5.91 Å². The van der Waals surface area contributed by atoms with Crippen molar-refractivity contribution in [2.24, 2.45) is 0 Å². The fourth-order valence-electron chi connectivity index (χ4n) is 2.66. The highest BCUT2D eigenvalue weighted by Crippen LogP contribution is 1.95. The summed E-state index contributed by atoms with van der Waals surface area (Å²) in [7, 11) is 0. The van der Waals surface area contributed by atoms with Crippen molar-refractivity contribution < 1.29 is 14.3 Å².